The number of alkyl halides is 1. The third-order valence-corrected chi connectivity index (χ3v) is 4.53. The average Bonchev–Trinajstić information content (AvgIpc) is 3.14. The number of carboxylic acids is 1. The molecule has 0 radical (unpaired) electrons. The van der Waals surface area contributed by atoms with Crippen LogP contribution in [0, 0.1) is 5.92 Å². The van der Waals surface area contributed by atoms with Gasteiger partial charge in [0.15, 0.2) is 0 Å². The molecule has 21 heavy (non-hydrogen) atoms. The van der Waals surface area contributed by atoms with Gasteiger partial charge >= 0.3 is 5.97 Å². The predicted octanol–water partition coefficient (Wildman–Crippen LogP) is 2.47. The highest BCUT2D eigenvalue weighted by molar-refractivity contribution is 6.30. The molecule has 0 aromatic heterocycles. The van der Waals surface area contributed by atoms with E-state index in [0.29, 0.717) is 11.4 Å². The van der Waals surface area contributed by atoms with Gasteiger partial charge in [-0.1, -0.05) is 23.7 Å². The number of hydrogen-bond donors (Lipinski definition) is 1. The molecule has 2 aliphatic rings. The summed E-state index contributed by atoms with van der Waals surface area (Å²) < 4.78 is 14.0. The molecule has 1 aromatic rings. The van der Waals surface area contributed by atoms with Crippen molar-refractivity contribution in [1.29, 1.82) is 0 Å². The van der Waals surface area contributed by atoms with Crippen molar-refractivity contribution in [2.24, 2.45) is 5.92 Å². The Bertz CT molecular complexity index is 608. The van der Waals surface area contributed by atoms with Crippen LogP contribution in [0.15, 0.2) is 24.3 Å². The lowest BCUT2D eigenvalue weighted by Crippen LogP contribution is -2.39. The summed E-state index contributed by atoms with van der Waals surface area (Å²) in [7, 11) is 0. The van der Waals surface area contributed by atoms with Crippen LogP contribution in [-0.2, 0) is 9.59 Å². The molecule has 4 nitrogen and oxygen atoms in total. The number of halogens is 2. The predicted molar refractivity (Wildman–Crippen MR) is 75.0 cm³/mol. The minimum absolute atomic E-state index is 0.107. The Balaban J connectivity index is 1.65. The second-order valence-electron chi connectivity index (χ2n) is 5.78. The van der Waals surface area contributed by atoms with Gasteiger partial charge < -0.3 is 10.0 Å². The van der Waals surface area contributed by atoms with E-state index >= 15 is 0 Å². The third kappa shape index (κ3) is 2.62. The first kappa shape index (κ1) is 14.3. The van der Waals surface area contributed by atoms with E-state index in [-0.39, 0.29) is 37.3 Å². The fraction of sp³-hybridized carbons (Fsp3) is 0.467. The van der Waals surface area contributed by atoms with E-state index < -0.39 is 11.6 Å². The Hall–Kier alpha value is -1.62. The third-order valence-electron chi connectivity index (χ3n) is 4.30. The smallest absolute Gasteiger partial charge is 0.343 e. The molecule has 3 atom stereocenters. The van der Waals surface area contributed by atoms with Crippen molar-refractivity contribution >= 4 is 23.5 Å². The molecule has 0 spiro atoms. The molecule has 6 heteroatoms. The Morgan fingerprint density at radius 1 is 1.43 bits per heavy atom. The molecule has 3 unspecified atom stereocenters. The molecule has 1 amide bonds. The number of carbonyl (C=O) groups is 2. The fourth-order valence-electron chi connectivity index (χ4n) is 2.94. The van der Waals surface area contributed by atoms with Crippen molar-refractivity contribution in [3.05, 3.63) is 34.9 Å². The van der Waals surface area contributed by atoms with Crippen molar-refractivity contribution < 1.29 is 19.1 Å². The normalized spacial score (nSPS) is 31.2. The summed E-state index contributed by atoms with van der Waals surface area (Å²) in [4.78, 5) is 24.5. The molecule has 2 fully saturated rings. The second-order valence-corrected chi connectivity index (χ2v) is 6.22. The number of hydrogen-bond acceptors (Lipinski definition) is 2. The monoisotopic (exact) mass is 311 g/mol. The van der Waals surface area contributed by atoms with Crippen molar-refractivity contribution in [2.45, 2.75) is 24.4 Å². The number of benzene rings is 1. The van der Waals surface area contributed by atoms with Crippen LogP contribution < -0.4 is 0 Å². The SMILES string of the molecule is O=C(C1CC1c1cccc(Cl)c1)N1CCC(F)(C(=O)O)C1. The molecule has 1 aromatic carbocycles. The second kappa shape index (κ2) is 4.98. The van der Waals surface area contributed by atoms with E-state index in [2.05, 4.69) is 0 Å². The van der Waals surface area contributed by atoms with Gasteiger partial charge in [0.1, 0.15) is 0 Å². The number of carbonyl (C=O) groups excluding carboxylic acids is 1. The molecular formula is C15H15ClFNO3. The lowest BCUT2D eigenvalue weighted by molar-refractivity contribution is -0.150. The molecule has 1 N–H and O–H groups in total. The van der Waals surface area contributed by atoms with Crippen LogP contribution in [0.5, 0.6) is 0 Å². The van der Waals surface area contributed by atoms with Crippen LogP contribution in [-0.4, -0.2) is 40.6 Å². The van der Waals surface area contributed by atoms with Crippen LogP contribution in [0.3, 0.4) is 0 Å². The van der Waals surface area contributed by atoms with E-state index in [1.165, 1.54) is 4.90 Å². The van der Waals surface area contributed by atoms with Gasteiger partial charge in [-0.05, 0) is 30.0 Å². The topological polar surface area (TPSA) is 57.6 Å². The molecule has 112 valence electrons. The van der Waals surface area contributed by atoms with E-state index in [0.717, 1.165) is 5.56 Å². The van der Waals surface area contributed by atoms with Crippen LogP contribution in [0.4, 0.5) is 4.39 Å². The summed E-state index contributed by atoms with van der Waals surface area (Å²) in [5.74, 6) is -1.71. The van der Waals surface area contributed by atoms with Crippen LogP contribution in [0.1, 0.15) is 24.3 Å². The van der Waals surface area contributed by atoms with Gasteiger partial charge in [-0.2, -0.15) is 0 Å². The van der Waals surface area contributed by atoms with E-state index in [1.807, 2.05) is 18.2 Å². The van der Waals surface area contributed by atoms with Crippen LogP contribution >= 0.6 is 11.6 Å². The molecule has 0 bridgehead atoms. The molecule has 3 rings (SSSR count). The summed E-state index contributed by atoms with van der Waals surface area (Å²) in [5.41, 5.74) is -1.29. The van der Waals surface area contributed by atoms with Gasteiger partial charge in [-0.15, -0.1) is 0 Å². The van der Waals surface area contributed by atoms with Gasteiger partial charge in [-0.3, -0.25) is 4.79 Å². The zero-order valence-corrected chi connectivity index (χ0v) is 12.0. The Kier molecular flexibility index (Phi) is 3.40. The number of rotatable bonds is 3. The zero-order chi connectivity index (χ0) is 15.2. The minimum Gasteiger partial charge on any atom is -0.479 e. The summed E-state index contributed by atoms with van der Waals surface area (Å²) in [5, 5.41) is 9.48. The van der Waals surface area contributed by atoms with Gasteiger partial charge in [0, 0.05) is 23.9 Å². The quantitative estimate of drug-likeness (QED) is 0.933. The van der Waals surface area contributed by atoms with Gasteiger partial charge in [-0.25, -0.2) is 9.18 Å². The zero-order valence-electron chi connectivity index (χ0n) is 11.3. The summed E-state index contributed by atoms with van der Waals surface area (Å²) in [6.45, 7) is -0.180. The molecule has 1 aliphatic heterocycles. The van der Waals surface area contributed by atoms with Crippen molar-refractivity contribution in [1.82, 2.24) is 4.90 Å². The molecule has 1 saturated heterocycles. The number of carboxylic acid groups (broad SMARTS) is 1. The Morgan fingerprint density at radius 2 is 2.19 bits per heavy atom. The lowest BCUT2D eigenvalue weighted by Gasteiger charge is -2.17. The van der Waals surface area contributed by atoms with Crippen LogP contribution in [0.2, 0.25) is 5.02 Å². The molecule has 1 heterocycles. The van der Waals surface area contributed by atoms with Gasteiger partial charge in [0.25, 0.3) is 0 Å². The van der Waals surface area contributed by atoms with Gasteiger partial charge in [0.2, 0.25) is 11.6 Å². The summed E-state index contributed by atoms with van der Waals surface area (Å²) >= 11 is 5.93. The van der Waals surface area contributed by atoms with Crippen LogP contribution in [0.25, 0.3) is 0 Å². The van der Waals surface area contributed by atoms with E-state index in [4.69, 9.17) is 16.7 Å². The number of aliphatic carboxylic acids is 1. The first-order valence-electron chi connectivity index (χ1n) is 6.87. The van der Waals surface area contributed by atoms with Crippen molar-refractivity contribution in [3.63, 3.8) is 0 Å². The summed E-state index contributed by atoms with van der Waals surface area (Å²) in [6.07, 6.45) is 0.574. The maximum absolute atomic E-state index is 14.0. The van der Waals surface area contributed by atoms with E-state index in [9.17, 15) is 14.0 Å². The molecular weight excluding hydrogens is 297 g/mol. The number of nitrogens with zero attached hydrogens (tertiary/aromatic N) is 1. The standard InChI is InChI=1S/C15H15ClFNO3/c16-10-3-1-2-9(6-10)11-7-12(11)13(19)18-5-4-15(17,8-18)14(20)21/h1-3,6,11-12H,4-5,7-8H2,(H,20,21). The average molecular weight is 312 g/mol. The molecule has 1 aliphatic carbocycles. The first-order valence-corrected chi connectivity index (χ1v) is 7.25. The molecule has 1 saturated carbocycles. The maximum atomic E-state index is 14.0. The lowest BCUT2D eigenvalue weighted by atomic mass is 10.1. The largest absolute Gasteiger partial charge is 0.479 e. The van der Waals surface area contributed by atoms with Crippen molar-refractivity contribution in [3.8, 4) is 0 Å². The summed E-state index contributed by atoms with van der Waals surface area (Å²) in [6, 6.07) is 7.37. The number of likely N-dealkylation sites (tertiary alicyclic amines) is 1. The minimum atomic E-state index is -2.30. The van der Waals surface area contributed by atoms with Crippen molar-refractivity contribution in [2.75, 3.05) is 13.1 Å². The van der Waals surface area contributed by atoms with E-state index in [1.54, 1.807) is 6.07 Å². The fourth-order valence-corrected chi connectivity index (χ4v) is 3.14. The Labute approximate surface area is 126 Å². The highest BCUT2D eigenvalue weighted by Gasteiger charge is 2.52. The number of amides is 1. The highest BCUT2D eigenvalue weighted by Crippen LogP contribution is 2.49. The Morgan fingerprint density at radius 3 is 2.81 bits per heavy atom. The maximum Gasteiger partial charge on any atom is 0.343 e. The highest BCUT2D eigenvalue weighted by atomic mass is 35.5. The van der Waals surface area contributed by atoms with Gasteiger partial charge in [0.05, 0.1) is 6.54 Å². The first-order chi connectivity index (χ1) is 9.90.